The molecular weight excluding hydrogens is 214 g/mol. The molecule has 2 aromatic rings. The molecule has 0 aromatic carbocycles. The first kappa shape index (κ1) is 9.96. The van der Waals surface area contributed by atoms with Gasteiger partial charge < -0.3 is 5.32 Å². The molecule has 3 heterocycles. The van der Waals surface area contributed by atoms with Crippen molar-refractivity contribution >= 4 is 11.6 Å². The molecule has 0 unspecified atom stereocenters. The molecule has 1 N–H and O–H groups in total. The van der Waals surface area contributed by atoms with Crippen molar-refractivity contribution in [3.8, 4) is 0 Å². The Kier molecular flexibility index (Phi) is 2.33. The van der Waals surface area contributed by atoms with Gasteiger partial charge in [-0.2, -0.15) is 0 Å². The number of carbonyl (C=O) groups excluding carboxylic acids is 1. The number of hydrogen-bond donors (Lipinski definition) is 1. The van der Waals surface area contributed by atoms with E-state index in [9.17, 15) is 4.79 Å². The summed E-state index contributed by atoms with van der Waals surface area (Å²) in [6.45, 7) is 0. The fourth-order valence-electron chi connectivity index (χ4n) is 2.04. The van der Waals surface area contributed by atoms with E-state index in [1.807, 2.05) is 12.1 Å². The van der Waals surface area contributed by atoms with E-state index in [0.717, 1.165) is 29.8 Å². The van der Waals surface area contributed by atoms with Crippen LogP contribution in [0.25, 0.3) is 0 Å². The summed E-state index contributed by atoms with van der Waals surface area (Å²) < 4.78 is 0. The maximum Gasteiger partial charge on any atom is 0.256 e. The molecule has 0 radical (unpaired) electrons. The summed E-state index contributed by atoms with van der Waals surface area (Å²) in [5.74, 6) is -0.0867. The highest BCUT2D eigenvalue weighted by molar-refractivity contribution is 6.05. The van der Waals surface area contributed by atoms with Crippen LogP contribution in [0.4, 0.5) is 5.69 Å². The van der Waals surface area contributed by atoms with Crippen LogP contribution < -0.4 is 5.32 Å². The fraction of sp³-hybridized carbons (Fsp3) is 0.154. The molecule has 4 nitrogen and oxygen atoms in total. The quantitative estimate of drug-likeness (QED) is 0.744. The lowest BCUT2D eigenvalue weighted by Crippen LogP contribution is -2.19. The molecule has 0 spiro atoms. The SMILES string of the molecule is O=C1Nc2cccnc2CCc2cnccc21. The Morgan fingerprint density at radius 1 is 1.18 bits per heavy atom. The third-order valence-corrected chi connectivity index (χ3v) is 2.92. The Balaban J connectivity index is 2.06. The first-order chi connectivity index (χ1) is 8.34. The minimum absolute atomic E-state index is 0.0867. The molecule has 0 saturated heterocycles. The normalized spacial score (nSPS) is 14.0. The zero-order chi connectivity index (χ0) is 11.7. The topological polar surface area (TPSA) is 54.9 Å². The highest BCUT2D eigenvalue weighted by Crippen LogP contribution is 2.21. The summed E-state index contributed by atoms with van der Waals surface area (Å²) in [5, 5.41) is 2.89. The van der Waals surface area contributed by atoms with Crippen LogP contribution in [0.3, 0.4) is 0 Å². The van der Waals surface area contributed by atoms with Crippen molar-refractivity contribution in [3.05, 3.63) is 53.6 Å². The Morgan fingerprint density at radius 2 is 2.12 bits per heavy atom. The Labute approximate surface area is 98.7 Å². The summed E-state index contributed by atoms with van der Waals surface area (Å²) >= 11 is 0. The van der Waals surface area contributed by atoms with Crippen LogP contribution in [0.1, 0.15) is 21.6 Å². The van der Waals surface area contributed by atoms with E-state index in [4.69, 9.17) is 0 Å². The van der Waals surface area contributed by atoms with Crippen molar-refractivity contribution in [2.75, 3.05) is 5.32 Å². The molecule has 84 valence electrons. The van der Waals surface area contributed by atoms with Crippen molar-refractivity contribution in [1.29, 1.82) is 0 Å². The second-order valence-electron chi connectivity index (χ2n) is 3.98. The number of amides is 1. The van der Waals surface area contributed by atoms with Crippen molar-refractivity contribution in [2.45, 2.75) is 12.8 Å². The predicted molar refractivity (Wildman–Crippen MR) is 63.8 cm³/mol. The van der Waals surface area contributed by atoms with Gasteiger partial charge in [0.1, 0.15) is 0 Å². The maximum atomic E-state index is 12.1. The molecule has 0 fully saturated rings. The first-order valence-electron chi connectivity index (χ1n) is 5.53. The second-order valence-corrected chi connectivity index (χ2v) is 3.98. The van der Waals surface area contributed by atoms with Gasteiger partial charge in [-0.1, -0.05) is 0 Å². The number of pyridine rings is 2. The maximum absolute atomic E-state index is 12.1. The van der Waals surface area contributed by atoms with Crippen LogP contribution in [-0.4, -0.2) is 15.9 Å². The lowest BCUT2D eigenvalue weighted by atomic mass is 10.0. The lowest BCUT2D eigenvalue weighted by molar-refractivity contribution is 0.102. The standard InChI is InChI=1S/C13H11N3O/c17-13-10-5-7-14-8-9(10)3-4-11-12(16-13)2-1-6-15-11/h1-2,5-8H,3-4H2,(H,16,17). The molecule has 1 aliphatic heterocycles. The van der Waals surface area contributed by atoms with Gasteiger partial charge in [-0.15, -0.1) is 0 Å². The first-order valence-corrected chi connectivity index (χ1v) is 5.53. The van der Waals surface area contributed by atoms with E-state index in [1.165, 1.54) is 0 Å². The monoisotopic (exact) mass is 225 g/mol. The van der Waals surface area contributed by atoms with Gasteiger partial charge in [-0.3, -0.25) is 14.8 Å². The van der Waals surface area contributed by atoms with Crippen LogP contribution in [0.5, 0.6) is 0 Å². The zero-order valence-electron chi connectivity index (χ0n) is 9.18. The van der Waals surface area contributed by atoms with Gasteiger partial charge in [0.25, 0.3) is 5.91 Å². The van der Waals surface area contributed by atoms with Crippen molar-refractivity contribution in [2.24, 2.45) is 0 Å². The molecule has 1 amide bonds. The van der Waals surface area contributed by atoms with Crippen LogP contribution in [0.15, 0.2) is 36.8 Å². The number of rotatable bonds is 0. The second kappa shape index (κ2) is 3.97. The van der Waals surface area contributed by atoms with E-state index in [2.05, 4.69) is 15.3 Å². The molecule has 3 rings (SSSR count). The van der Waals surface area contributed by atoms with Crippen molar-refractivity contribution in [1.82, 2.24) is 9.97 Å². The number of aromatic nitrogens is 2. The molecule has 0 saturated carbocycles. The summed E-state index contributed by atoms with van der Waals surface area (Å²) in [6, 6.07) is 5.46. The van der Waals surface area contributed by atoms with Crippen LogP contribution >= 0.6 is 0 Å². The summed E-state index contributed by atoms with van der Waals surface area (Å²) in [6.07, 6.45) is 6.75. The van der Waals surface area contributed by atoms with E-state index in [0.29, 0.717) is 5.56 Å². The Hall–Kier alpha value is -2.23. The molecule has 0 bridgehead atoms. The highest BCUT2D eigenvalue weighted by Gasteiger charge is 2.17. The lowest BCUT2D eigenvalue weighted by Gasteiger charge is -2.15. The summed E-state index contributed by atoms with van der Waals surface area (Å²) in [4.78, 5) is 20.4. The summed E-state index contributed by atoms with van der Waals surface area (Å²) in [5.41, 5.74) is 3.41. The average Bonchev–Trinajstić information content (AvgIpc) is 2.36. The van der Waals surface area contributed by atoms with Crippen LogP contribution in [0, 0.1) is 0 Å². The molecule has 2 aromatic heterocycles. The number of anilines is 1. The van der Waals surface area contributed by atoms with E-state index in [1.54, 1.807) is 24.7 Å². The minimum atomic E-state index is -0.0867. The van der Waals surface area contributed by atoms with Gasteiger partial charge in [-0.25, -0.2) is 0 Å². The van der Waals surface area contributed by atoms with E-state index in [-0.39, 0.29) is 5.91 Å². The number of nitrogens with one attached hydrogen (secondary N) is 1. The van der Waals surface area contributed by atoms with Gasteiger partial charge in [0.15, 0.2) is 0 Å². The highest BCUT2D eigenvalue weighted by atomic mass is 16.1. The number of carbonyl (C=O) groups is 1. The molecule has 1 aliphatic rings. The Bertz CT molecular complexity index is 580. The van der Waals surface area contributed by atoms with Crippen molar-refractivity contribution < 1.29 is 4.79 Å². The van der Waals surface area contributed by atoms with Gasteiger partial charge in [0.2, 0.25) is 0 Å². The zero-order valence-corrected chi connectivity index (χ0v) is 9.18. The van der Waals surface area contributed by atoms with Gasteiger partial charge in [-0.05, 0) is 36.6 Å². The Morgan fingerprint density at radius 3 is 3.06 bits per heavy atom. The minimum Gasteiger partial charge on any atom is -0.320 e. The predicted octanol–water partition coefficient (Wildman–Crippen LogP) is 1.83. The fourth-order valence-corrected chi connectivity index (χ4v) is 2.04. The number of fused-ring (bicyclic) bond motifs is 2. The number of nitrogens with zero attached hydrogens (tertiary/aromatic N) is 2. The molecule has 4 heteroatoms. The number of hydrogen-bond acceptors (Lipinski definition) is 3. The molecular formula is C13H11N3O. The van der Waals surface area contributed by atoms with Gasteiger partial charge in [0.05, 0.1) is 11.4 Å². The van der Waals surface area contributed by atoms with Gasteiger partial charge >= 0.3 is 0 Å². The van der Waals surface area contributed by atoms with Crippen LogP contribution in [-0.2, 0) is 12.8 Å². The van der Waals surface area contributed by atoms with Gasteiger partial charge in [0, 0.05) is 24.2 Å². The molecule has 17 heavy (non-hydrogen) atoms. The third kappa shape index (κ3) is 1.78. The smallest absolute Gasteiger partial charge is 0.256 e. The van der Waals surface area contributed by atoms with E-state index < -0.39 is 0 Å². The largest absolute Gasteiger partial charge is 0.320 e. The third-order valence-electron chi connectivity index (χ3n) is 2.92. The van der Waals surface area contributed by atoms with Crippen molar-refractivity contribution in [3.63, 3.8) is 0 Å². The molecule has 0 atom stereocenters. The average molecular weight is 225 g/mol. The number of aryl methyl sites for hydroxylation is 2. The van der Waals surface area contributed by atoms with Crippen LogP contribution in [0.2, 0.25) is 0 Å². The molecule has 0 aliphatic carbocycles. The summed E-state index contributed by atoms with van der Waals surface area (Å²) in [7, 11) is 0. The van der Waals surface area contributed by atoms with E-state index >= 15 is 0 Å².